The minimum absolute atomic E-state index is 0.105. The number of alkyl halides is 3. The molecular formula is C7H5ClF3NO. The van der Waals surface area contributed by atoms with E-state index in [9.17, 15) is 13.2 Å². The number of aliphatic hydroxyl groups is 1. The van der Waals surface area contributed by atoms with Crippen LogP contribution in [0.2, 0.25) is 5.02 Å². The van der Waals surface area contributed by atoms with Gasteiger partial charge in [-0.15, -0.1) is 0 Å². The summed E-state index contributed by atoms with van der Waals surface area (Å²) < 4.78 is 35.8. The molecule has 1 rings (SSSR count). The van der Waals surface area contributed by atoms with Crippen molar-refractivity contribution < 1.29 is 18.3 Å². The van der Waals surface area contributed by atoms with Gasteiger partial charge in [-0.1, -0.05) is 11.6 Å². The van der Waals surface area contributed by atoms with E-state index in [0.717, 1.165) is 12.3 Å². The fraction of sp³-hybridized carbons (Fsp3) is 0.286. The Morgan fingerprint density at radius 2 is 2.08 bits per heavy atom. The van der Waals surface area contributed by atoms with Crippen molar-refractivity contribution in [2.24, 2.45) is 0 Å². The van der Waals surface area contributed by atoms with Crippen LogP contribution in [0.25, 0.3) is 0 Å². The van der Waals surface area contributed by atoms with E-state index in [2.05, 4.69) is 4.98 Å². The molecule has 0 aliphatic heterocycles. The van der Waals surface area contributed by atoms with Gasteiger partial charge in [0, 0.05) is 11.2 Å². The molecule has 0 unspecified atom stereocenters. The largest absolute Gasteiger partial charge is 0.420 e. The smallest absolute Gasteiger partial charge is 0.378 e. The van der Waals surface area contributed by atoms with Crippen LogP contribution in [0.5, 0.6) is 0 Å². The summed E-state index contributed by atoms with van der Waals surface area (Å²) >= 11 is 5.42. The van der Waals surface area contributed by atoms with Gasteiger partial charge in [0.25, 0.3) is 0 Å². The van der Waals surface area contributed by atoms with Gasteiger partial charge >= 0.3 is 6.18 Å². The molecule has 1 aromatic heterocycles. The van der Waals surface area contributed by atoms with Crippen LogP contribution in [0.1, 0.15) is 11.8 Å². The van der Waals surface area contributed by atoms with Crippen LogP contribution in [0, 0.1) is 0 Å². The van der Waals surface area contributed by atoms with Crippen molar-refractivity contribution in [3.05, 3.63) is 29.0 Å². The number of halogens is 4. The molecule has 1 aromatic rings. The van der Waals surface area contributed by atoms with Gasteiger partial charge in [-0.05, 0) is 12.1 Å². The number of rotatable bonds is 1. The van der Waals surface area contributed by atoms with Gasteiger partial charge in [-0.3, -0.25) is 4.98 Å². The summed E-state index contributed by atoms with van der Waals surface area (Å²) in [6.45, 7) is 0. The SMILES string of the molecule is O[C@H](c1cc(Cl)ccn1)C(F)(F)F. The lowest BCUT2D eigenvalue weighted by atomic mass is 10.2. The molecule has 0 saturated carbocycles. The Morgan fingerprint density at radius 3 is 2.54 bits per heavy atom. The first kappa shape index (κ1) is 10.3. The van der Waals surface area contributed by atoms with Gasteiger partial charge in [-0.25, -0.2) is 0 Å². The average molecular weight is 212 g/mol. The zero-order valence-corrected chi connectivity index (χ0v) is 6.97. The molecule has 0 aliphatic rings. The Kier molecular flexibility index (Phi) is 2.77. The molecule has 1 heterocycles. The first-order valence-corrected chi connectivity index (χ1v) is 3.65. The van der Waals surface area contributed by atoms with Crippen LogP contribution >= 0.6 is 11.6 Å². The summed E-state index contributed by atoms with van der Waals surface area (Å²) in [6, 6.07) is 2.30. The second-order valence-electron chi connectivity index (χ2n) is 2.34. The Morgan fingerprint density at radius 1 is 1.46 bits per heavy atom. The molecule has 6 heteroatoms. The van der Waals surface area contributed by atoms with E-state index in [4.69, 9.17) is 16.7 Å². The Balaban J connectivity index is 2.96. The number of hydrogen-bond donors (Lipinski definition) is 1. The molecule has 1 N–H and O–H groups in total. The molecule has 0 aromatic carbocycles. The summed E-state index contributed by atoms with van der Waals surface area (Å²) in [5, 5.41) is 8.84. The van der Waals surface area contributed by atoms with E-state index >= 15 is 0 Å². The quantitative estimate of drug-likeness (QED) is 0.774. The van der Waals surface area contributed by atoms with Gasteiger partial charge in [0.1, 0.15) is 0 Å². The first-order valence-electron chi connectivity index (χ1n) is 3.27. The van der Waals surface area contributed by atoms with E-state index in [1.54, 1.807) is 0 Å². The lowest BCUT2D eigenvalue weighted by Gasteiger charge is -2.13. The van der Waals surface area contributed by atoms with Crippen molar-refractivity contribution in [2.45, 2.75) is 12.3 Å². The highest BCUT2D eigenvalue weighted by Crippen LogP contribution is 2.31. The molecule has 0 fully saturated rings. The van der Waals surface area contributed by atoms with Crippen molar-refractivity contribution in [2.75, 3.05) is 0 Å². The maximum absolute atomic E-state index is 11.9. The minimum Gasteiger partial charge on any atom is -0.378 e. The molecule has 13 heavy (non-hydrogen) atoms. The normalized spacial score (nSPS) is 14.2. The fourth-order valence-electron chi connectivity index (χ4n) is 0.738. The predicted molar refractivity (Wildman–Crippen MR) is 40.3 cm³/mol. The van der Waals surface area contributed by atoms with Crippen LogP contribution in [-0.4, -0.2) is 16.3 Å². The van der Waals surface area contributed by atoms with E-state index in [1.807, 2.05) is 0 Å². The minimum atomic E-state index is -4.71. The van der Waals surface area contributed by atoms with Gasteiger partial charge in [0.2, 0.25) is 0 Å². The second-order valence-corrected chi connectivity index (χ2v) is 2.78. The lowest BCUT2D eigenvalue weighted by molar-refractivity contribution is -0.207. The van der Waals surface area contributed by atoms with Gasteiger partial charge in [-0.2, -0.15) is 13.2 Å². The third-order valence-corrected chi connectivity index (χ3v) is 1.57. The maximum atomic E-state index is 11.9. The summed E-state index contributed by atoms with van der Waals surface area (Å²) in [7, 11) is 0. The summed E-state index contributed by atoms with van der Waals surface area (Å²) in [5.41, 5.74) is -0.500. The van der Waals surface area contributed by atoms with E-state index in [1.165, 1.54) is 6.07 Å². The number of hydrogen-bond acceptors (Lipinski definition) is 2. The number of aromatic nitrogens is 1. The predicted octanol–water partition coefficient (Wildman–Crippen LogP) is 2.33. The first-order chi connectivity index (χ1) is 5.91. The monoisotopic (exact) mass is 211 g/mol. The third kappa shape index (κ3) is 2.57. The molecule has 0 spiro atoms. The van der Waals surface area contributed by atoms with Crippen LogP contribution in [0.15, 0.2) is 18.3 Å². The summed E-state index contributed by atoms with van der Waals surface area (Å²) in [6.07, 6.45) is -6.18. The summed E-state index contributed by atoms with van der Waals surface area (Å²) in [5.74, 6) is 0. The van der Waals surface area contributed by atoms with Crippen molar-refractivity contribution in [3.63, 3.8) is 0 Å². The third-order valence-electron chi connectivity index (χ3n) is 1.33. The van der Waals surface area contributed by atoms with Gasteiger partial charge < -0.3 is 5.11 Å². The highest BCUT2D eigenvalue weighted by atomic mass is 35.5. The Bertz CT molecular complexity index is 302. The van der Waals surface area contributed by atoms with Crippen LogP contribution in [0.3, 0.4) is 0 Å². The standard InChI is InChI=1S/C7H5ClF3NO/c8-4-1-2-12-5(3-4)6(13)7(9,10)11/h1-3,6,13H/t6-/m1/s1. The molecule has 0 radical (unpaired) electrons. The maximum Gasteiger partial charge on any atom is 0.420 e. The fourth-order valence-corrected chi connectivity index (χ4v) is 0.907. The van der Waals surface area contributed by atoms with Crippen LogP contribution in [-0.2, 0) is 0 Å². The lowest BCUT2D eigenvalue weighted by Crippen LogP contribution is -2.21. The van der Waals surface area contributed by atoms with Crippen molar-refractivity contribution in [3.8, 4) is 0 Å². The Hall–Kier alpha value is -0.810. The molecule has 0 amide bonds. The number of nitrogens with zero attached hydrogens (tertiary/aromatic N) is 1. The zero-order chi connectivity index (χ0) is 10.1. The highest BCUT2D eigenvalue weighted by Gasteiger charge is 2.40. The van der Waals surface area contributed by atoms with Gasteiger partial charge in [0.15, 0.2) is 6.10 Å². The molecular weight excluding hydrogens is 207 g/mol. The molecule has 0 aliphatic carbocycles. The Labute approximate surface area is 77.0 Å². The van der Waals surface area contributed by atoms with Crippen molar-refractivity contribution in [1.29, 1.82) is 0 Å². The molecule has 0 saturated heterocycles. The molecule has 0 bridgehead atoms. The number of aliphatic hydroxyl groups excluding tert-OH is 1. The second kappa shape index (κ2) is 3.51. The van der Waals surface area contributed by atoms with E-state index in [-0.39, 0.29) is 5.02 Å². The highest BCUT2D eigenvalue weighted by molar-refractivity contribution is 6.30. The zero-order valence-electron chi connectivity index (χ0n) is 6.22. The van der Waals surface area contributed by atoms with Crippen molar-refractivity contribution >= 4 is 11.6 Å². The van der Waals surface area contributed by atoms with Crippen LogP contribution < -0.4 is 0 Å². The van der Waals surface area contributed by atoms with Gasteiger partial charge in [0.05, 0.1) is 5.69 Å². The molecule has 1 atom stereocenters. The van der Waals surface area contributed by atoms with Crippen LogP contribution in [0.4, 0.5) is 13.2 Å². The average Bonchev–Trinajstić information content (AvgIpc) is 2.01. The van der Waals surface area contributed by atoms with E-state index < -0.39 is 18.0 Å². The number of pyridine rings is 1. The van der Waals surface area contributed by atoms with Crippen molar-refractivity contribution in [1.82, 2.24) is 4.98 Å². The molecule has 72 valence electrons. The summed E-state index contributed by atoms with van der Waals surface area (Å²) in [4.78, 5) is 3.35. The molecule has 2 nitrogen and oxygen atoms in total. The topological polar surface area (TPSA) is 33.1 Å². The van der Waals surface area contributed by atoms with E-state index in [0.29, 0.717) is 0 Å².